The summed E-state index contributed by atoms with van der Waals surface area (Å²) in [5.41, 5.74) is 3.69. The highest BCUT2D eigenvalue weighted by molar-refractivity contribution is 7.92. The lowest BCUT2D eigenvalue weighted by Crippen LogP contribution is -2.35. The first-order valence-electron chi connectivity index (χ1n) is 11.9. The van der Waals surface area contributed by atoms with E-state index < -0.39 is 32.8 Å². The third-order valence-corrected chi connectivity index (χ3v) is 7.57. The summed E-state index contributed by atoms with van der Waals surface area (Å²) >= 11 is 0. The van der Waals surface area contributed by atoms with Gasteiger partial charge in [0.15, 0.2) is 15.1 Å². The van der Waals surface area contributed by atoms with Crippen LogP contribution in [0.1, 0.15) is 43.5 Å². The van der Waals surface area contributed by atoms with Crippen LogP contribution in [0.2, 0.25) is 0 Å². The molecule has 9 heteroatoms. The zero-order chi connectivity index (χ0) is 26.6. The van der Waals surface area contributed by atoms with Crippen molar-refractivity contribution in [2.45, 2.75) is 50.3 Å². The van der Waals surface area contributed by atoms with Crippen LogP contribution in [0.15, 0.2) is 78.1 Å². The monoisotopic (exact) mass is 522 g/mol. The van der Waals surface area contributed by atoms with Gasteiger partial charge in [-0.15, -0.1) is 0 Å². The van der Waals surface area contributed by atoms with Crippen LogP contribution >= 0.6 is 0 Å². The number of sulfone groups is 1. The van der Waals surface area contributed by atoms with E-state index in [0.29, 0.717) is 17.8 Å². The van der Waals surface area contributed by atoms with Gasteiger partial charge in [-0.25, -0.2) is 8.42 Å². The lowest BCUT2D eigenvalue weighted by molar-refractivity contribution is -0.145. The van der Waals surface area contributed by atoms with E-state index in [2.05, 4.69) is 10.1 Å². The number of benzene rings is 2. The summed E-state index contributed by atoms with van der Waals surface area (Å²) in [4.78, 5) is 22.4. The molecule has 0 bridgehead atoms. The standard InChI is InChI=1S/C28H30N2O6S/c1-28(2,32)26-15-22(13-14-29-26)20-9-11-21(12-10-20)24-16-23(36-30-24)17-25(37(3,33)34)27(31)35-18-19-7-5-4-6-8-19/h4-15,23,25,32H,16-18H2,1-3H3. The van der Waals surface area contributed by atoms with E-state index >= 15 is 0 Å². The highest BCUT2D eigenvalue weighted by Gasteiger charge is 2.36. The highest BCUT2D eigenvalue weighted by Crippen LogP contribution is 2.27. The van der Waals surface area contributed by atoms with Gasteiger partial charge in [-0.1, -0.05) is 59.8 Å². The summed E-state index contributed by atoms with van der Waals surface area (Å²) in [5, 5.41) is 13.1. The quantitative estimate of drug-likeness (QED) is 0.422. The van der Waals surface area contributed by atoms with E-state index in [-0.39, 0.29) is 13.0 Å². The normalized spacial score (nSPS) is 16.5. The molecular formula is C28H30N2O6S. The second-order valence-electron chi connectivity index (χ2n) is 9.68. The van der Waals surface area contributed by atoms with E-state index in [4.69, 9.17) is 9.57 Å². The number of aromatic nitrogens is 1. The number of ether oxygens (including phenoxy) is 1. The maximum atomic E-state index is 12.6. The Balaban J connectivity index is 1.39. The van der Waals surface area contributed by atoms with E-state index in [1.165, 1.54) is 0 Å². The van der Waals surface area contributed by atoms with Crippen molar-refractivity contribution in [2.75, 3.05) is 6.26 Å². The van der Waals surface area contributed by atoms with Crippen LogP contribution in [-0.4, -0.2) is 47.8 Å². The van der Waals surface area contributed by atoms with Gasteiger partial charge in [-0.3, -0.25) is 9.78 Å². The van der Waals surface area contributed by atoms with Crippen LogP contribution in [0.4, 0.5) is 0 Å². The number of hydrogen-bond acceptors (Lipinski definition) is 8. The van der Waals surface area contributed by atoms with Crippen molar-refractivity contribution in [1.82, 2.24) is 4.98 Å². The Labute approximate surface area is 216 Å². The fraction of sp³-hybridized carbons (Fsp3) is 0.321. The van der Waals surface area contributed by atoms with Crippen LogP contribution in [-0.2, 0) is 36.4 Å². The summed E-state index contributed by atoms with van der Waals surface area (Å²) < 4.78 is 30.0. The largest absolute Gasteiger partial charge is 0.460 e. The third kappa shape index (κ3) is 6.81. The molecule has 0 amide bonds. The first kappa shape index (κ1) is 26.5. The van der Waals surface area contributed by atoms with Gasteiger partial charge in [-0.2, -0.15) is 0 Å². The van der Waals surface area contributed by atoms with E-state index in [1.54, 1.807) is 32.2 Å². The first-order chi connectivity index (χ1) is 17.5. The molecule has 1 aliphatic heterocycles. The molecule has 0 aliphatic carbocycles. The van der Waals surface area contributed by atoms with Crippen LogP contribution < -0.4 is 0 Å². The van der Waals surface area contributed by atoms with Crippen LogP contribution in [0, 0.1) is 0 Å². The molecule has 0 saturated carbocycles. The second-order valence-corrected chi connectivity index (χ2v) is 11.9. The van der Waals surface area contributed by atoms with Crippen molar-refractivity contribution in [3.05, 3.63) is 89.7 Å². The molecule has 2 heterocycles. The third-order valence-electron chi connectivity index (χ3n) is 6.15. The molecule has 1 aromatic heterocycles. The number of carbonyl (C=O) groups excluding carboxylic acids is 1. The van der Waals surface area contributed by atoms with Crippen molar-refractivity contribution in [1.29, 1.82) is 0 Å². The molecule has 37 heavy (non-hydrogen) atoms. The van der Waals surface area contributed by atoms with Crippen molar-refractivity contribution in [3.63, 3.8) is 0 Å². The van der Waals surface area contributed by atoms with Crippen LogP contribution in [0.25, 0.3) is 11.1 Å². The van der Waals surface area contributed by atoms with Gasteiger partial charge in [0.2, 0.25) is 0 Å². The summed E-state index contributed by atoms with van der Waals surface area (Å²) in [6, 6.07) is 20.5. The molecule has 4 rings (SSSR count). The molecule has 2 atom stereocenters. The Bertz CT molecular complexity index is 1380. The predicted molar refractivity (Wildman–Crippen MR) is 140 cm³/mol. The van der Waals surface area contributed by atoms with E-state index in [0.717, 1.165) is 28.5 Å². The first-order valence-corrected chi connectivity index (χ1v) is 13.9. The molecule has 3 aromatic rings. The number of oxime groups is 1. The number of esters is 1. The average Bonchev–Trinajstić information content (AvgIpc) is 3.34. The van der Waals surface area contributed by atoms with Crippen molar-refractivity contribution >= 4 is 21.5 Å². The van der Waals surface area contributed by atoms with Gasteiger partial charge in [0.1, 0.15) is 18.3 Å². The Hall–Kier alpha value is -3.56. The molecule has 0 spiro atoms. The van der Waals surface area contributed by atoms with Gasteiger partial charge in [0.25, 0.3) is 0 Å². The summed E-state index contributed by atoms with van der Waals surface area (Å²) in [6.07, 6.45) is 2.45. The van der Waals surface area contributed by atoms with Gasteiger partial charge < -0.3 is 14.7 Å². The Morgan fingerprint density at radius 2 is 1.76 bits per heavy atom. The van der Waals surface area contributed by atoms with E-state index in [9.17, 15) is 18.3 Å². The summed E-state index contributed by atoms with van der Waals surface area (Å²) in [7, 11) is -3.72. The Morgan fingerprint density at radius 1 is 1.08 bits per heavy atom. The van der Waals surface area contributed by atoms with Crippen molar-refractivity contribution < 1.29 is 27.9 Å². The number of carbonyl (C=O) groups is 1. The lowest BCUT2D eigenvalue weighted by atomic mass is 9.97. The second kappa shape index (κ2) is 10.8. The molecule has 0 fully saturated rings. The van der Waals surface area contributed by atoms with Gasteiger partial charge >= 0.3 is 5.97 Å². The van der Waals surface area contributed by atoms with Crippen LogP contribution in [0.3, 0.4) is 0 Å². The number of pyridine rings is 1. The van der Waals surface area contributed by atoms with Gasteiger partial charge in [0, 0.05) is 25.3 Å². The molecule has 0 saturated heterocycles. The number of nitrogens with zero attached hydrogens (tertiary/aromatic N) is 2. The average molecular weight is 523 g/mol. The fourth-order valence-electron chi connectivity index (χ4n) is 4.03. The zero-order valence-corrected chi connectivity index (χ0v) is 21.8. The number of hydrogen-bond donors (Lipinski definition) is 1. The molecule has 1 N–H and O–H groups in total. The minimum atomic E-state index is -3.72. The summed E-state index contributed by atoms with van der Waals surface area (Å²) in [5.74, 6) is -0.796. The van der Waals surface area contributed by atoms with Crippen LogP contribution in [0.5, 0.6) is 0 Å². The smallest absolute Gasteiger partial charge is 0.324 e. The fourth-order valence-corrected chi connectivity index (χ4v) is 5.01. The lowest BCUT2D eigenvalue weighted by Gasteiger charge is -2.17. The highest BCUT2D eigenvalue weighted by atomic mass is 32.2. The van der Waals surface area contributed by atoms with Crippen molar-refractivity contribution in [3.8, 4) is 11.1 Å². The topological polar surface area (TPSA) is 115 Å². The zero-order valence-electron chi connectivity index (χ0n) is 21.0. The molecular weight excluding hydrogens is 492 g/mol. The molecule has 0 radical (unpaired) electrons. The van der Waals surface area contributed by atoms with Gasteiger partial charge in [-0.05, 0) is 48.2 Å². The van der Waals surface area contributed by atoms with E-state index in [1.807, 2.05) is 54.6 Å². The number of rotatable bonds is 9. The Kier molecular flexibility index (Phi) is 7.75. The maximum Gasteiger partial charge on any atom is 0.324 e. The molecule has 2 aromatic carbocycles. The predicted octanol–water partition coefficient (Wildman–Crippen LogP) is 4.02. The number of aliphatic hydroxyl groups is 1. The molecule has 2 unspecified atom stereocenters. The minimum absolute atomic E-state index is 0.0000863. The minimum Gasteiger partial charge on any atom is -0.460 e. The summed E-state index contributed by atoms with van der Waals surface area (Å²) in [6.45, 7) is 3.38. The SMILES string of the molecule is CC(C)(O)c1cc(-c2ccc(C3=NOC(CC(C(=O)OCc4ccccc4)S(C)(=O)=O)C3)cc2)ccn1. The molecule has 194 valence electrons. The Morgan fingerprint density at radius 3 is 2.41 bits per heavy atom. The maximum absolute atomic E-state index is 12.6. The molecule has 1 aliphatic rings. The molecule has 8 nitrogen and oxygen atoms in total. The van der Waals surface area contributed by atoms with Gasteiger partial charge in [0.05, 0.1) is 11.4 Å². The van der Waals surface area contributed by atoms with Crippen molar-refractivity contribution in [2.24, 2.45) is 5.16 Å².